The molecule has 0 radical (unpaired) electrons. The number of nitrogens with one attached hydrogen (secondary N) is 2. The Morgan fingerprint density at radius 2 is 1.28 bits per heavy atom. The number of alkyl carbamates (subject to hydrolysis) is 2. The van der Waals surface area contributed by atoms with Gasteiger partial charge in [0.2, 0.25) is 0 Å². The molecular formula is C29H54N4O13. The van der Waals surface area contributed by atoms with E-state index >= 15 is 0 Å². The number of rotatable bonds is 8. The average Bonchev–Trinajstić information content (AvgIpc) is 2.91. The summed E-state index contributed by atoms with van der Waals surface area (Å²) in [5.74, 6) is 0. The second kappa shape index (κ2) is 15.5. The fraction of sp³-hybridized carbons (Fsp3) is 0.931. The first-order chi connectivity index (χ1) is 21.2. The molecule has 1 aliphatic carbocycles. The van der Waals surface area contributed by atoms with Gasteiger partial charge in [0.05, 0.1) is 36.9 Å². The number of hydrogen-bond donors (Lipinski definition) is 9. The lowest BCUT2D eigenvalue weighted by atomic mass is 9.83. The monoisotopic (exact) mass is 666 g/mol. The molecule has 268 valence electrons. The number of aliphatic hydroxyl groups is 5. The van der Waals surface area contributed by atoms with Crippen molar-refractivity contribution in [2.24, 2.45) is 11.5 Å². The van der Waals surface area contributed by atoms with Gasteiger partial charge >= 0.3 is 12.2 Å². The van der Waals surface area contributed by atoms with Crippen molar-refractivity contribution in [2.75, 3.05) is 6.61 Å². The Bertz CT molecular complexity index is 1010. The summed E-state index contributed by atoms with van der Waals surface area (Å²) in [6, 6.07) is -4.11. The smallest absolute Gasteiger partial charge is 0.408 e. The first-order valence-electron chi connectivity index (χ1n) is 15.7. The molecule has 3 aliphatic rings. The summed E-state index contributed by atoms with van der Waals surface area (Å²) in [5.41, 5.74) is 10.7. The minimum absolute atomic E-state index is 0.0245. The van der Waals surface area contributed by atoms with Crippen LogP contribution in [0.25, 0.3) is 0 Å². The Morgan fingerprint density at radius 3 is 1.80 bits per heavy atom. The molecule has 2 saturated heterocycles. The van der Waals surface area contributed by atoms with Crippen molar-refractivity contribution < 1.29 is 63.5 Å². The predicted octanol–water partition coefficient (Wildman–Crippen LogP) is -1.71. The Kier molecular flexibility index (Phi) is 13.0. The van der Waals surface area contributed by atoms with E-state index < -0.39 is 116 Å². The van der Waals surface area contributed by atoms with E-state index in [2.05, 4.69) is 10.6 Å². The van der Waals surface area contributed by atoms with Gasteiger partial charge in [-0.2, -0.15) is 0 Å². The lowest BCUT2D eigenvalue weighted by Crippen LogP contribution is -2.69. The number of carbonyl (C=O) groups excluding carboxylic acids is 2. The number of ether oxygens (including phenoxy) is 6. The Labute approximate surface area is 269 Å². The van der Waals surface area contributed by atoms with Crippen LogP contribution in [-0.2, 0) is 28.4 Å². The first kappa shape index (κ1) is 38.5. The van der Waals surface area contributed by atoms with Crippen LogP contribution in [0.2, 0.25) is 0 Å². The number of amides is 2. The highest BCUT2D eigenvalue weighted by atomic mass is 16.7. The van der Waals surface area contributed by atoms with Crippen LogP contribution in [0, 0.1) is 0 Å². The van der Waals surface area contributed by atoms with Gasteiger partial charge in [-0.25, -0.2) is 9.59 Å². The number of nitrogens with two attached hydrogens (primary N) is 2. The number of hydrogen-bond acceptors (Lipinski definition) is 15. The highest BCUT2D eigenvalue weighted by Gasteiger charge is 2.52. The molecule has 2 heterocycles. The minimum Gasteiger partial charge on any atom is -0.444 e. The van der Waals surface area contributed by atoms with E-state index in [0.29, 0.717) is 6.42 Å². The average molecular weight is 667 g/mol. The molecule has 46 heavy (non-hydrogen) atoms. The van der Waals surface area contributed by atoms with E-state index in [1.54, 1.807) is 48.5 Å². The normalized spacial score (nSPS) is 40.6. The molecule has 0 aromatic carbocycles. The molecule has 2 aliphatic heterocycles. The summed E-state index contributed by atoms with van der Waals surface area (Å²) in [6.45, 7) is 11.3. The molecule has 1 saturated carbocycles. The second-order valence-electron chi connectivity index (χ2n) is 14.1. The van der Waals surface area contributed by atoms with Crippen LogP contribution in [0.4, 0.5) is 9.59 Å². The van der Waals surface area contributed by atoms with E-state index in [1.165, 1.54) is 0 Å². The van der Waals surface area contributed by atoms with Crippen molar-refractivity contribution in [2.45, 2.75) is 165 Å². The van der Waals surface area contributed by atoms with Gasteiger partial charge in [-0.15, -0.1) is 0 Å². The van der Waals surface area contributed by atoms with Gasteiger partial charge in [0, 0.05) is 12.5 Å². The van der Waals surface area contributed by atoms with Gasteiger partial charge in [0.15, 0.2) is 12.6 Å². The zero-order valence-electron chi connectivity index (χ0n) is 27.6. The number of aliphatic hydroxyl groups excluding tert-OH is 5. The third-order valence-electron chi connectivity index (χ3n) is 7.91. The maximum atomic E-state index is 12.8. The van der Waals surface area contributed by atoms with Crippen molar-refractivity contribution in [3.05, 3.63) is 0 Å². The van der Waals surface area contributed by atoms with Gasteiger partial charge in [-0.3, -0.25) is 0 Å². The van der Waals surface area contributed by atoms with Gasteiger partial charge < -0.3 is 76.1 Å². The van der Waals surface area contributed by atoms with Crippen LogP contribution in [0.3, 0.4) is 0 Å². The van der Waals surface area contributed by atoms with Gasteiger partial charge in [-0.05, 0) is 54.4 Å². The maximum Gasteiger partial charge on any atom is 0.408 e. The molecule has 17 heteroatoms. The summed E-state index contributed by atoms with van der Waals surface area (Å²) in [6.07, 6.45) is -13.9. The molecule has 0 aromatic rings. The van der Waals surface area contributed by atoms with Crippen molar-refractivity contribution in [1.29, 1.82) is 0 Å². The quantitative estimate of drug-likeness (QED) is 0.140. The van der Waals surface area contributed by atoms with Crippen molar-refractivity contribution in [3.8, 4) is 0 Å². The molecule has 14 unspecified atom stereocenters. The SMILES string of the molecule is CCC1OC(OC2C(NC(=O)OC(C)(C)C)CC(N)C(OC3OC(CO)C(O)C(N)C3O)C2O)C(NC(=O)OC(C)(C)C)CC1O. The zero-order chi connectivity index (χ0) is 34.7. The molecule has 0 spiro atoms. The van der Waals surface area contributed by atoms with Crippen LogP contribution in [0.1, 0.15) is 67.7 Å². The van der Waals surface area contributed by atoms with Crippen molar-refractivity contribution >= 4 is 12.2 Å². The van der Waals surface area contributed by atoms with Crippen LogP contribution in [-0.4, -0.2) is 141 Å². The van der Waals surface area contributed by atoms with E-state index in [4.69, 9.17) is 39.9 Å². The van der Waals surface area contributed by atoms with Crippen LogP contribution >= 0.6 is 0 Å². The van der Waals surface area contributed by atoms with E-state index in [0.717, 1.165) is 0 Å². The van der Waals surface area contributed by atoms with E-state index in [9.17, 15) is 35.1 Å². The molecular weight excluding hydrogens is 612 g/mol. The third kappa shape index (κ3) is 10.1. The predicted molar refractivity (Wildman–Crippen MR) is 160 cm³/mol. The first-order valence-corrected chi connectivity index (χ1v) is 15.7. The molecule has 3 rings (SSSR count). The molecule has 17 nitrogen and oxygen atoms in total. The summed E-state index contributed by atoms with van der Waals surface area (Å²) in [5, 5.41) is 58.3. The summed E-state index contributed by atoms with van der Waals surface area (Å²) >= 11 is 0. The molecule has 14 atom stereocenters. The van der Waals surface area contributed by atoms with Gasteiger partial charge in [0.1, 0.15) is 47.8 Å². The molecule has 3 fully saturated rings. The Balaban J connectivity index is 1.90. The zero-order valence-corrected chi connectivity index (χ0v) is 27.6. The fourth-order valence-corrected chi connectivity index (χ4v) is 5.70. The van der Waals surface area contributed by atoms with Crippen LogP contribution in [0.5, 0.6) is 0 Å². The van der Waals surface area contributed by atoms with Crippen molar-refractivity contribution in [1.82, 2.24) is 10.6 Å². The Morgan fingerprint density at radius 1 is 0.761 bits per heavy atom. The van der Waals surface area contributed by atoms with Crippen LogP contribution in [0.15, 0.2) is 0 Å². The largest absolute Gasteiger partial charge is 0.444 e. The second-order valence-corrected chi connectivity index (χ2v) is 14.1. The molecule has 11 N–H and O–H groups in total. The molecule has 0 aromatic heterocycles. The van der Waals surface area contributed by atoms with Gasteiger partial charge in [-0.1, -0.05) is 6.92 Å². The molecule has 0 bridgehead atoms. The third-order valence-corrected chi connectivity index (χ3v) is 7.91. The van der Waals surface area contributed by atoms with Gasteiger partial charge in [0.25, 0.3) is 0 Å². The lowest BCUT2D eigenvalue weighted by molar-refractivity contribution is -0.316. The maximum absolute atomic E-state index is 12.8. The Hall–Kier alpha value is -1.90. The molecule has 2 amide bonds. The minimum atomic E-state index is -1.60. The standard InChI is InChI=1S/C29H54N4O13/c1-8-16-15(35)10-14(33-27(40)46-29(5,6)7)24(41-16)44-23-13(32-26(39)45-28(2,3)4)9-12(30)22(21(23)38)43-25-20(37)18(31)19(36)17(11-34)42-25/h12-25,34-38H,8-11,30-31H2,1-7H3,(H,32,39)(H,33,40). The van der Waals surface area contributed by atoms with E-state index in [1.807, 2.05) is 0 Å². The highest BCUT2D eigenvalue weighted by molar-refractivity contribution is 5.68. The topological polar surface area (TPSA) is 267 Å². The van der Waals surface area contributed by atoms with E-state index in [-0.39, 0.29) is 12.8 Å². The fourth-order valence-electron chi connectivity index (χ4n) is 5.70. The summed E-state index contributed by atoms with van der Waals surface area (Å²) in [7, 11) is 0. The summed E-state index contributed by atoms with van der Waals surface area (Å²) in [4.78, 5) is 25.6. The number of carbonyl (C=O) groups is 2. The van der Waals surface area contributed by atoms with Crippen LogP contribution < -0.4 is 22.1 Å². The lowest BCUT2D eigenvalue weighted by Gasteiger charge is -2.48. The van der Waals surface area contributed by atoms with Crippen molar-refractivity contribution in [3.63, 3.8) is 0 Å². The summed E-state index contributed by atoms with van der Waals surface area (Å²) < 4.78 is 34.6. The highest BCUT2D eigenvalue weighted by Crippen LogP contribution is 2.32.